The van der Waals surface area contributed by atoms with Crippen LogP contribution >= 0.6 is 0 Å². The standard InChI is InChI=1S/C12H16N2O2/c1-8-3-4-9(6-13)10(5-8)12(16)11(15)7-14-2/h3-5,11-12,14-16H,7H2,1-2H3. The Morgan fingerprint density at radius 1 is 1.44 bits per heavy atom. The van der Waals surface area contributed by atoms with E-state index in [-0.39, 0.29) is 6.54 Å². The lowest BCUT2D eigenvalue weighted by Crippen LogP contribution is -2.30. The second-order valence-electron chi connectivity index (χ2n) is 3.77. The highest BCUT2D eigenvalue weighted by Crippen LogP contribution is 2.21. The summed E-state index contributed by atoms with van der Waals surface area (Å²) >= 11 is 0. The SMILES string of the molecule is CNCC(O)C(O)c1cc(C)ccc1C#N. The highest BCUT2D eigenvalue weighted by Gasteiger charge is 2.20. The van der Waals surface area contributed by atoms with Crippen molar-refractivity contribution in [2.75, 3.05) is 13.6 Å². The summed E-state index contributed by atoms with van der Waals surface area (Å²) in [6.07, 6.45) is -1.96. The third-order valence-corrected chi connectivity index (χ3v) is 2.42. The molecule has 0 amide bonds. The quantitative estimate of drug-likeness (QED) is 0.690. The maximum Gasteiger partial charge on any atom is 0.107 e. The molecule has 1 rings (SSSR count). The first-order chi connectivity index (χ1) is 7.60. The fourth-order valence-corrected chi connectivity index (χ4v) is 1.56. The zero-order valence-electron chi connectivity index (χ0n) is 9.44. The van der Waals surface area contributed by atoms with Gasteiger partial charge < -0.3 is 15.5 Å². The van der Waals surface area contributed by atoms with Gasteiger partial charge in [0.05, 0.1) is 17.7 Å². The molecule has 1 aromatic carbocycles. The average Bonchev–Trinajstić information content (AvgIpc) is 2.28. The molecular weight excluding hydrogens is 204 g/mol. The fourth-order valence-electron chi connectivity index (χ4n) is 1.56. The minimum absolute atomic E-state index is 0.278. The van der Waals surface area contributed by atoms with E-state index in [2.05, 4.69) is 5.32 Å². The molecule has 0 aliphatic carbocycles. The molecular formula is C12H16N2O2. The number of likely N-dealkylation sites (N-methyl/N-ethyl adjacent to an activating group) is 1. The van der Waals surface area contributed by atoms with Gasteiger partial charge in [0.2, 0.25) is 0 Å². The Labute approximate surface area is 95.2 Å². The fraction of sp³-hybridized carbons (Fsp3) is 0.417. The van der Waals surface area contributed by atoms with Crippen LogP contribution < -0.4 is 5.32 Å². The first-order valence-corrected chi connectivity index (χ1v) is 5.11. The largest absolute Gasteiger partial charge is 0.389 e. The number of aryl methyl sites for hydroxylation is 1. The molecule has 0 spiro atoms. The third-order valence-electron chi connectivity index (χ3n) is 2.42. The molecule has 86 valence electrons. The van der Waals surface area contributed by atoms with E-state index in [1.54, 1.807) is 25.2 Å². The maximum atomic E-state index is 9.92. The van der Waals surface area contributed by atoms with Gasteiger partial charge in [0.15, 0.2) is 0 Å². The molecule has 3 N–H and O–H groups in total. The molecule has 0 saturated heterocycles. The molecule has 2 unspecified atom stereocenters. The zero-order chi connectivity index (χ0) is 12.1. The molecule has 0 fully saturated rings. The van der Waals surface area contributed by atoms with Gasteiger partial charge in [-0.1, -0.05) is 17.7 Å². The first kappa shape index (κ1) is 12.7. The molecule has 0 bridgehead atoms. The Hall–Kier alpha value is -1.41. The summed E-state index contributed by atoms with van der Waals surface area (Å²) in [5, 5.41) is 31.3. The van der Waals surface area contributed by atoms with Crippen molar-refractivity contribution in [3.05, 3.63) is 34.9 Å². The highest BCUT2D eigenvalue weighted by atomic mass is 16.3. The van der Waals surface area contributed by atoms with Crippen LogP contribution in [-0.4, -0.2) is 29.9 Å². The molecule has 0 aromatic heterocycles. The molecule has 0 aliphatic heterocycles. The Balaban J connectivity index is 3.02. The smallest absolute Gasteiger partial charge is 0.107 e. The van der Waals surface area contributed by atoms with E-state index in [1.165, 1.54) is 0 Å². The van der Waals surface area contributed by atoms with Gasteiger partial charge in [-0.3, -0.25) is 0 Å². The summed E-state index contributed by atoms with van der Waals surface area (Å²) in [7, 11) is 1.69. The average molecular weight is 220 g/mol. The molecule has 4 nitrogen and oxygen atoms in total. The van der Waals surface area contributed by atoms with E-state index >= 15 is 0 Å². The number of aliphatic hydroxyl groups is 2. The predicted octanol–water partition coefficient (Wildman–Crippen LogP) is 0.480. The Kier molecular flexibility index (Phi) is 4.44. The van der Waals surface area contributed by atoms with Crippen molar-refractivity contribution in [3.8, 4) is 6.07 Å². The van der Waals surface area contributed by atoms with Gasteiger partial charge in [0.1, 0.15) is 6.10 Å². The lowest BCUT2D eigenvalue weighted by Gasteiger charge is -2.19. The Morgan fingerprint density at radius 3 is 2.69 bits per heavy atom. The molecule has 0 saturated carbocycles. The summed E-state index contributed by atoms with van der Waals surface area (Å²) in [5.41, 5.74) is 1.82. The Morgan fingerprint density at radius 2 is 2.12 bits per heavy atom. The van der Waals surface area contributed by atoms with Crippen LogP contribution in [0.3, 0.4) is 0 Å². The molecule has 0 aliphatic rings. The van der Waals surface area contributed by atoms with Crippen molar-refractivity contribution < 1.29 is 10.2 Å². The molecule has 0 radical (unpaired) electrons. The van der Waals surface area contributed by atoms with Gasteiger partial charge in [0, 0.05) is 12.1 Å². The summed E-state index contributed by atoms with van der Waals surface area (Å²) in [4.78, 5) is 0. The van der Waals surface area contributed by atoms with Gasteiger partial charge in [-0.25, -0.2) is 0 Å². The van der Waals surface area contributed by atoms with Crippen LogP contribution in [0.15, 0.2) is 18.2 Å². The third kappa shape index (κ3) is 2.80. The number of benzene rings is 1. The van der Waals surface area contributed by atoms with Crippen molar-refractivity contribution in [2.24, 2.45) is 0 Å². The van der Waals surface area contributed by atoms with Crippen LogP contribution in [0.25, 0.3) is 0 Å². The van der Waals surface area contributed by atoms with Crippen molar-refractivity contribution in [3.63, 3.8) is 0 Å². The van der Waals surface area contributed by atoms with Gasteiger partial charge in [-0.15, -0.1) is 0 Å². The van der Waals surface area contributed by atoms with Crippen LogP contribution in [0, 0.1) is 18.3 Å². The highest BCUT2D eigenvalue weighted by molar-refractivity contribution is 5.41. The zero-order valence-corrected chi connectivity index (χ0v) is 9.44. The van der Waals surface area contributed by atoms with Gasteiger partial charge in [-0.2, -0.15) is 5.26 Å². The van der Waals surface area contributed by atoms with Crippen molar-refractivity contribution in [1.82, 2.24) is 5.32 Å². The summed E-state index contributed by atoms with van der Waals surface area (Å²) in [6.45, 7) is 2.15. The molecule has 16 heavy (non-hydrogen) atoms. The number of aliphatic hydroxyl groups excluding tert-OH is 2. The number of hydrogen-bond donors (Lipinski definition) is 3. The maximum absolute atomic E-state index is 9.92. The van der Waals surface area contributed by atoms with Crippen molar-refractivity contribution in [1.29, 1.82) is 5.26 Å². The number of rotatable bonds is 4. The first-order valence-electron chi connectivity index (χ1n) is 5.11. The normalized spacial score (nSPS) is 14.2. The van der Waals surface area contributed by atoms with Crippen LogP contribution in [0.4, 0.5) is 0 Å². The van der Waals surface area contributed by atoms with Gasteiger partial charge in [-0.05, 0) is 20.0 Å². The second-order valence-corrected chi connectivity index (χ2v) is 3.77. The monoisotopic (exact) mass is 220 g/mol. The number of nitriles is 1. The van der Waals surface area contributed by atoms with Gasteiger partial charge in [0.25, 0.3) is 0 Å². The number of nitrogens with zero attached hydrogens (tertiary/aromatic N) is 1. The minimum Gasteiger partial charge on any atom is -0.389 e. The van der Waals surface area contributed by atoms with E-state index < -0.39 is 12.2 Å². The Bertz CT molecular complexity index is 398. The molecule has 0 heterocycles. The van der Waals surface area contributed by atoms with E-state index in [0.29, 0.717) is 11.1 Å². The van der Waals surface area contributed by atoms with Gasteiger partial charge >= 0.3 is 0 Å². The summed E-state index contributed by atoms with van der Waals surface area (Å²) < 4.78 is 0. The van der Waals surface area contributed by atoms with Crippen molar-refractivity contribution in [2.45, 2.75) is 19.1 Å². The number of nitrogens with one attached hydrogen (secondary N) is 1. The van der Waals surface area contributed by atoms with E-state index in [1.807, 2.05) is 13.0 Å². The number of hydrogen-bond acceptors (Lipinski definition) is 4. The lowest BCUT2D eigenvalue weighted by molar-refractivity contribution is 0.0200. The van der Waals surface area contributed by atoms with Crippen molar-refractivity contribution >= 4 is 0 Å². The minimum atomic E-state index is -1.04. The topological polar surface area (TPSA) is 76.3 Å². The second kappa shape index (κ2) is 5.61. The molecule has 2 atom stereocenters. The summed E-state index contributed by atoms with van der Waals surface area (Å²) in [6, 6.07) is 7.19. The van der Waals surface area contributed by atoms with Crippen LogP contribution in [0.2, 0.25) is 0 Å². The molecule has 1 aromatic rings. The lowest BCUT2D eigenvalue weighted by atomic mass is 9.97. The van der Waals surface area contributed by atoms with Crippen LogP contribution in [-0.2, 0) is 0 Å². The van der Waals surface area contributed by atoms with E-state index in [9.17, 15) is 10.2 Å². The summed E-state index contributed by atoms with van der Waals surface area (Å²) in [5.74, 6) is 0. The van der Waals surface area contributed by atoms with Crippen LogP contribution in [0.5, 0.6) is 0 Å². The van der Waals surface area contributed by atoms with E-state index in [4.69, 9.17) is 5.26 Å². The van der Waals surface area contributed by atoms with Crippen LogP contribution in [0.1, 0.15) is 22.8 Å². The molecule has 4 heteroatoms. The van der Waals surface area contributed by atoms with E-state index in [0.717, 1.165) is 5.56 Å². The predicted molar refractivity (Wildman–Crippen MR) is 60.8 cm³/mol.